The predicted octanol–water partition coefficient (Wildman–Crippen LogP) is 1.75. The Bertz CT molecular complexity index is 855. The molecule has 3 aliphatic heterocycles. The quantitative estimate of drug-likeness (QED) is 0.527. The smallest absolute Gasteiger partial charge is 0.327 e. The summed E-state index contributed by atoms with van der Waals surface area (Å²) in [7, 11) is 3.55. The number of hydrogen-bond donors (Lipinski definition) is 2. The van der Waals surface area contributed by atoms with Crippen LogP contribution in [0.2, 0.25) is 0 Å². The molecule has 3 amide bonds. The Morgan fingerprint density at radius 1 is 1.17 bits per heavy atom. The lowest BCUT2D eigenvalue weighted by molar-refractivity contribution is -0.153. The minimum Gasteiger partial charge on any atom is -0.386 e. The largest absolute Gasteiger partial charge is 0.386 e. The van der Waals surface area contributed by atoms with Crippen LogP contribution in [0, 0.1) is 11.3 Å². The highest BCUT2D eigenvalue weighted by atomic mass is 16.5. The molecule has 196 valence electrons. The van der Waals surface area contributed by atoms with Gasteiger partial charge in [0.1, 0.15) is 5.54 Å². The van der Waals surface area contributed by atoms with Crippen LogP contribution in [0.5, 0.6) is 0 Å². The summed E-state index contributed by atoms with van der Waals surface area (Å²) < 4.78 is 5.33. The van der Waals surface area contributed by atoms with Crippen LogP contribution in [0.15, 0.2) is 11.4 Å². The lowest BCUT2D eigenvalue weighted by Crippen LogP contribution is -2.65. The van der Waals surface area contributed by atoms with Crippen LogP contribution in [0.3, 0.4) is 0 Å². The van der Waals surface area contributed by atoms with E-state index in [4.69, 9.17) is 10.5 Å². The number of nitrogens with one attached hydrogen (secondary N) is 1. The molecule has 0 bridgehead atoms. The number of carbonyl (C=O) groups is 2. The lowest BCUT2D eigenvalue weighted by Gasteiger charge is -2.59. The summed E-state index contributed by atoms with van der Waals surface area (Å²) in [5.41, 5.74) is 7.20. The zero-order valence-corrected chi connectivity index (χ0v) is 21.9. The number of unbranched alkanes of at least 4 members (excludes halogenated alkanes) is 1. The number of nitrogens with zero attached hydrogens (tertiary/aromatic N) is 4. The molecule has 5 rings (SSSR count). The summed E-state index contributed by atoms with van der Waals surface area (Å²) >= 11 is 0. The average Bonchev–Trinajstić information content (AvgIpc) is 3.00. The molecule has 3 saturated heterocycles. The molecule has 0 aromatic rings. The molecule has 9 heteroatoms. The molecule has 2 saturated carbocycles. The highest BCUT2D eigenvalue weighted by Crippen LogP contribution is 2.61. The summed E-state index contributed by atoms with van der Waals surface area (Å²) in [4.78, 5) is 34.5. The second-order valence-corrected chi connectivity index (χ2v) is 11.8. The molecule has 5 fully saturated rings. The van der Waals surface area contributed by atoms with E-state index >= 15 is 0 Å². The number of carbonyl (C=O) groups excluding carboxylic acids is 2. The van der Waals surface area contributed by atoms with Gasteiger partial charge in [-0.05, 0) is 62.5 Å². The normalized spacial score (nSPS) is 36.1. The molecular weight excluding hydrogens is 444 g/mol. The maximum atomic E-state index is 13.2. The van der Waals surface area contributed by atoms with E-state index in [-0.39, 0.29) is 17.4 Å². The highest BCUT2D eigenvalue weighted by Gasteiger charge is 2.68. The van der Waals surface area contributed by atoms with Crippen molar-refractivity contribution in [1.29, 1.82) is 0 Å². The number of urea groups is 1. The van der Waals surface area contributed by atoms with Gasteiger partial charge in [0.15, 0.2) is 0 Å². The SMILES string of the molecule is CCCCN1C/C(=C(/N)NC)CN(C2CCC3(CC2)CC2(C3)C(=O)N(C)C(=O)N2CC2COC2)C1. The van der Waals surface area contributed by atoms with Crippen molar-refractivity contribution in [2.24, 2.45) is 17.1 Å². The van der Waals surface area contributed by atoms with Gasteiger partial charge in [-0.1, -0.05) is 13.3 Å². The van der Waals surface area contributed by atoms with E-state index in [1.54, 1.807) is 7.05 Å². The van der Waals surface area contributed by atoms with Crippen LogP contribution in [-0.2, 0) is 9.53 Å². The topological polar surface area (TPSA) is 94.4 Å². The van der Waals surface area contributed by atoms with Crippen LogP contribution < -0.4 is 11.1 Å². The zero-order chi connectivity index (χ0) is 24.8. The third-order valence-corrected chi connectivity index (χ3v) is 9.42. The van der Waals surface area contributed by atoms with Gasteiger partial charge in [0.25, 0.3) is 5.91 Å². The van der Waals surface area contributed by atoms with E-state index in [2.05, 4.69) is 22.0 Å². The van der Waals surface area contributed by atoms with Crippen LogP contribution in [0.4, 0.5) is 4.79 Å². The van der Waals surface area contributed by atoms with E-state index in [0.29, 0.717) is 31.7 Å². The Kier molecular flexibility index (Phi) is 6.78. The Hall–Kier alpha value is -1.84. The molecule has 2 spiro atoms. The van der Waals surface area contributed by atoms with Crippen molar-refractivity contribution in [1.82, 2.24) is 24.9 Å². The van der Waals surface area contributed by atoms with Crippen molar-refractivity contribution in [3.8, 4) is 0 Å². The molecule has 0 aromatic heterocycles. The van der Waals surface area contributed by atoms with Gasteiger partial charge in [-0.15, -0.1) is 0 Å². The first-order valence-electron chi connectivity index (χ1n) is 13.6. The minimum atomic E-state index is -0.604. The predicted molar refractivity (Wildman–Crippen MR) is 134 cm³/mol. The average molecular weight is 489 g/mol. The molecule has 0 unspecified atom stereocenters. The van der Waals surface area contributed by atoms with E-state index in [1.165, 1.54) is 23.3 Å². The monoisotopic (exact) mass is 488 g/mol. The summed E-state index contributed by atoms with van der Waals surface area (Å²) in [6.45, 7) is 8.30. The standard InChI is InChI=1S/C26H44N6O3/c1-4-5-10-30-12-20(22(27)28-2)13-31(18-30)21-6-8-25(9-7-21)16-26(17-25)23(33)29(3)24(34)32(26)11-19-14-35-15-19/h19,21,28H,4-18,27H2,1-3H3/b22-20+. The minimum absolute atomic E-state index is 0.00964. The lowest BCUT2D eigenvalue weighted by atomic mass is 9.51. The third-order valence-electron chi connectivity index (χ3n) is 9.42. The van der Waals surface area contributed by atoms with Crippen molar-refractivity contribution in [3.05, 3.63) is 11.4 Å². The van der Waals surface area contributed by atoms with Crippen molar-refractivity contribution in [2.75, 3.05) is 60.2 Å². The maximum Gasteiger partial charge on any atom is 0.327 e. The molecule has 3 heterocycles. The Morgan fingerprint density at radius 3 is 2.49 bits per heavy atom. The van der Waals surface area contributed by atoms with Gasteiger partial charge in [0.2, 0.25) is 0 Å². The summed E-state index contributed by atoms with van der Waals surface area (Å²) in [5.74, 6) is 1.19. The van der Waals surface area contributed by atoms with Crippen LogP contribution >= 0.6 is 0 Å². The van der Waals surface area contributed by atoms with Gasteiger partial charge in [0.05, 0.1) is 25.7 Å². The van der Waals surface area contributed by atoms with Crippen LogP contribution in [0.25, 0.3) is 0 Å². The first-order valence-corrected chi connectivity index (χ1v) is 13.6. The van der Waals surface area contributed by atoms with Crippen LogP contribution in [0.1, 0.15) is 58.3 Å². The molecule has 9 nitrogen and oxygen atoms in total. The number of imide groups is 1. The summed E-state index contributed by atoms with van der Waals surface area (Å²) in [6.07, 6.45) is 8.64. The number of hydrogen-bond acceptors (Lipinski definition) is 7. The summed E-state index contributed by atoms with van der Waals surface area (Å²) in [5, 5.41) is 3.16. The van der Waals surface area contributed by atoms with E-state index in [9.17, 15) is 9.59 Å². The van der Waals surface area contributed by atoms with E-state index in [0.717, 1.165) is 70.6 Å². The molecular formula is C26H44N6O3. The molecule has 3 N–H and O–H groups in total. The van der Waals surface area contributed by atoms with Crippen LogP contribution in [-0.4, -0.2) is 103 Å². The van der Waals surface area contributed by atoms with Gasteiger partial charge in [0, 0.05) is 45.7 Å². The second-order valence-electron chi connectivity index (χ2n) is 11.8. The fourth-order valence-electron chi connectivity index (χ4n) is 7.29. The van der Waals surface area contributed by atoms with E-state index in [1.807, 2.05) is 11.9 Å². The molecule has 0 aromatic carbocycles. The zero-order valence-electron chi connectivity index (χ0n) is 21.9. The van der Waals surface area contributed by atoms with Crippen molar-refractivity contribution < 1.29 is 14.3 Å². The molecule has 2 aliphatic carbocycles. The fourth-order valence-corrected chi connectivity index (χ4v) is 7.29. The number of likely N-dealkylation sites (N-methyl/N-ethyl adjacent to an activating group) is 1. The van der Waals surface area contributed by atoms with Gasteiger partial charge < -0.3 is 20.7 Å². The molecule has 35 heavy (non-hydrogen) atoms. The number of amides is 3. The van der Waals surface area contributed by atoms with Gasteiger partial charge >= 0.3 is 6.03 Å². The maximum absolute atomic E-state index is 13.2. The first kappa shape index (κ1) is 24.8. The molecule has 0 radical (unpaired) electrons. The Labute approximate surface area is 210 Å². The Morgan fingerprint density at radius 2 is 1.89 bits per heavy atom. The fraction of sp³-hybridized carbons (Fsp3) is 0.846. The second kappa shape index (κ2) is 9.56. The first-order chi connectivity index (χ1) is 16.8. The van der Waals surface area contributed by atoms with Crippen molar-refractivity contribution >= 4 is 11.9 Å². The number of ether oxygens (including phenoxy) is 1. The van der Waals surface area contributed by atoms with Crippen molar-refractivity contribution in [3.63, 3.8) is 0 Å². The van der Waals surface area contributed by atoms with Crippen molar-refractivity contribution in [2.45, 2.75) is 69.9 Å². The van der Waals surface area contributed by atoms with Gasteiger partial charge in [-0.3, -0.25) is 19.5 Å². The molecule has 5 aliphatic rings. The summed E-state index contributed by atoms with van der Waals surface area (Å²) in [6, 6.07) is 0.431. The van der Waals surface area contributed by atoms with E-state index < -0.39 is 5.54 Å². The number of nitrogens with two attached hydrogens (primary N) is 1. The van der Waals surface area contributed by atoms with Gasteiger partial charge in [-0.25, -0.2) is 4.79 Å². The Balaban J connectivity index is 1.22. The van der Waals surface area contributed by atoms with Gasteiger partial charge in [-0.2, -0.15) is 0 Å². The number of rotatable bonds is 7. The highest BCUT2D eigenvalue weighted by molar-refractivity contribution is 6.07. The third kappa shape index (κ3) is 4.33. The molecule has 0 atom stereocenters.